The Balaban J connectivity index is 2.20. The third-order valence-electron chi connectivity index (χ3n) is 2.45. The van der Waals surface area contributed by atoms with Crippen LogP contribution in [-0.2, 0) is 22.6 Å². The molecule has 1 heterocycles. The van der Waals surface area contributed by atoms with E-state index in [2.05, 4.69) is 26.1 Å². The van der Waals surface area contributed by atoms with Gasteiger partial charge in [0.05, 0.1) is 25.6 Å². The molecular weight excluding hydrogens is 242 g/mol. The van der Waals surface area contributed by atoms with Crippen LogP contribution in [0.15, 0.2) is 16.7 Å². The second-order valence-corrected chi connectivity index (χ2v) is 6.00. The van der Waals surface area contributed by atoms with E-state index >= 15 is 0 Å². The van der Waals surface area contributed by atoms with Crippen molar-refractivity contribution >= 4 is 0 Å². The zero-order valence-electron chi connectivity index (χ0n) is 12.8. The molecule has 110 valence electrons. The van der Waals surface area contributed by atoms with E-state index in [0.717, 1.165) is 17.9 Å². The summed E-state index contributed by atoms with van der Waals surface area (Å²) in [7, 11) is 0. The molecule has 0 aromatic carbocycles. The van der Waals surface area contributed by atoms with Crippen LogP contribution in [0.4, 0.5) is 0 Å². The van der Waals surface area contributed by atoms with Crippen LogP contribution in [0, 0.1) is 0 Å². The lowest BCUT2D eigenvalue weighted by molar-refractivity contribution is 0.0104. The molecule has 0 radical (unpaired) electrons. The summed E-state index contributed by atoms with van der Waals surface area (Å²) in [5.74, 6) is 0.857. The monoisotopic (exact) mass is 269 g/mol. The van der Waals surface area contributed by atoms with Crippen molar-refractivity contribution < 1.29 is 13.9 Å². The number of furan rings is 1. The maximum absolute atomic E-state index is 5.49. The van der Waals surface area contributed by atoms with Crippen LogP contribution < -0.4 is 5.32 Å². The van der Waals surface area contributed by atoms with E-state index in [9.17, 15) is 0 Å². The van der Waals surface area contributed by atoms with Crippen molar-refractivity contribution in [2.75, 3.05) is 13.2 Å². The van der Waals surface area contributed by atoms with Gasteiger partial charge in [0, 0.05) is 17.6 Å². The molecule has 4 heteroatoms. The Kier molecular flexibility index (Phi) is 6.55. The molecule has 0 fully saturated rings. The summed E-state index contributed by atoms with van der Waals surface area (Å²) in [4.78, 5) is 0. The Bertz CT molecular complexity index is 353. The quantitative estimate of drug-likeness (QED) is 0.736. The van der Waals surface area contributed by atoms with Gasteiger partial charge in [-0.25, -0.2) is 0 Å². The Morgan fingerprint density at radius 2 is 2.00 bits per heavy atom. The smallest absolute Gasteiger partial charge is 0.129 e. The average Bonchev–Trinajstić information content (AvgIpc) is 2.72. The van der Waals surface area contributed by atoms with Gasteiger partial charge in [0.2, 0.25) is 0 Å². The predicted molar refractivity (Wildman–Crippen MR) is 76.0 cm³/mol. The molecule has 4 nitrogen and oxygen atoms in total. The molecular formula is C15H27NO3. The summed E-state index contributed by atoms with van der Waals surface area (Å²) in [6.07, 6.45) is 2.03. The van der Waals surface area contributed by atoms with E-state index < -0.39 is 0 Å². The van der Waals surface area contributed by atoms with Crippen molar-refractivity contribution in [2.24, 2.45) is 0 Å². The minimum Gasteiger partial charge on any atom is -0.467 e. The Hall–Kier alpha value is -0.840. The lowest BCUT2D eigenvalue weighted by atomic mass is 10.1. The molecule has 0 aliphatic carbocycles. The third kappa shape index (κ3) is 8.03. The first-order chi connectivity index (χ1) is 8.87. The van der Waals surface area contributed by atoms with Gasteiger partial charge in [-0.15, -0.1) is 0 Å². The molecule has 0 unspecified atom stereocenters. The maximum atomic E-state index is 5.49. The van der Waals surface area contributed by atoms with Gasteiger partial charge in [-0.3, -0.25) is 0 Å². The average molecular weight is 269 g/mol. The summed E-state index contributed by atoms with van der Waals surface area (Å²) in [6, 6.07) is 2.03. The molecule has 0 saturated heterocycles. The van der Waals surface area contributed by atoms with Crippen LogP contribution in [0.3, 0.4) is 0 Å². The largest absolute Gasteiger partial charge is 0.467 e. The molecule has 0 atom stereocenters. The third-order valence-corrected chi connectivity index (χ3v) is 2.45. The van der Waals surface area contributed by atoms with Gasteiger partial charge < -0.3 is 19.2 Å². The van der Waals surface area contributed by atoms with E-state index in [4.69, 9.17) is 13.9 Å². The van der Waals surface area contributed by atoms with Crippen LogP contribution in [0.2, 0.25) is 0 Å². The van der Waals surface area contributed by atoms with Gasteiger partial charge in [-0.1, -0.05) is 0 Å². The molecule has 0 spiro atoms. The zero-order valence-corrected chi connectivity index (χ0v) is 12.8. The Morgan fingerprint density at radius 1 is 1.26 bits per heavy atom. The predicted octanol–water partition coefficient (Wildman–Crippen LogP) is 3.11. The van der Waals surface area contributed by atoms with Gasteiger partial charge in [0.15, 0.2) is 0 Å². The van der Waals surface area contributed by atoms with Crippen molar-refractivity contribution in [3.8, 4) is 0 Å². The van der Waals surface area contributed by atoms with Crippen molar-refractivity contribution in [3.63, 3.8) is 0 Å². The number of hydrogen-bond acceptors (Lipinski definition) is 4. The van der Waals surface area contributed by atoms with Gasteiger partial charge in [-0.2, -0.15) is 0 Å². The summed E-state index contributed by atoms with van der Waals surface area (Å²) in [5.41, 5.74) is 1.26. The van der Waals surface area contributed by atoms with Gasteiger partial charge in [0.25, 0.3) is 0 Å². The fourth-order valence-corrected chi connectivity index (χ4v) is 1.48. The molecule has 1 aromatic rings. The van der Waals surface area contributed by atoms with E-state index in [1.165, 1.54) is 0 Å². The fraction of sp³-hybridized carbons (Fsp3) is 0.733. The van der Waals surface area contributed by atoms with Gasteiger partial charge in [-0.05, 0) is 40.7 Å². The molecule has 1 aromatic heterocycles. The molecule has 1 N–H and O–H groups in total. The standard InChI is InChI=1S/C15H27NO3/c1-12(2)18-7-6-17-11-14-8-13(10-19-14)9-16-15(3,4)5/h8,10,12,16H,6-7,9,11H2,1-5H3. The first-order valence-electron chi connectivity index (χ1n) is 6.87. The van der Waals surface area contributed by atoms with Gasteiger partial charge in [0.1, 0.15) is 12.4 Å². The van der Waals surface area contributed by atoms with Crippen molar-refractivity contribution in [3.05, 3.63) is 23.7 Å². The summed E-state index contributed by atoms with van der Waals surface area (Å²) >= 11 is 0. The number of ether oxygens (including phenoxy) is 2. The summed E-state index contributed by atoms with van der Waals surface area (Å²) in [6.45, 7) is 13.0. The first kappa shape index (κ1) is 16.2. The van der Waals surface area contributed by atoms with E-state index in [0.29, 0.717) is 19.8 Å². The van der Waals surface area contributed by atoms with Crippen LogP contribution >= 0.6 is 0 Å². The highest BCUT2D eigenvalue weighted by Crippen LogP contribution is 2.10. The minimum atomic E-state index is 0.113. The van der Waals surface area contributed by atoms with Crippen LogP contribution in [0.1, 0.15) is 45.9 Å². The highest BCUT2D eigenvalue weighted by molar-refractivity contribution is 5.12. The van der Waals surface area contributed by atoms with E-state index in [1.807, 2.05) is 19.9 Å². The molecule has 0 aliphatic rings. The lowest BCUT2D eigenvalue weighted by Crippen LogP contribution is -2.34. The molecule has 0 bridgehead atoms. The van der Waals surface area contributed by atoms with E-state index in [1.54, 1.807) is 6.26 Å². The SMILES string of the molecule is CC(C)OCCOCc1cc(CNC(C)(C)C)co1. The zero-order chi connectivity index (χ0) is 14.3. The highest BCUT2D eigenvalue weighted by Gasteiger charge is 2.09. The maximum Gasteiger partial charge on any atom is 0.129 e. The second kappa shape index (κ2) is 7.68. The fourth-order valence-electron chi connectivity index (χ4n) is 1.48. The second-order valence-electron chi connectivity index (χ2n) is 6.00. The highest BCUT2D eigenvalue weighted by atomic mass is 16.5. The first-order valence-corrected chi connectivity index (χ1v) is 6.87. The molecule has 1 rings (SSSR count). The molecule has 19 heavy (non-hydrogen) atoms. The Labute approximate surface area is 116 Å². The minimum absolute atomic E-state index is 0.113. The molecule has 0 aliphatic heterocycles. The lowest BCUT2D eigenvalue weighted by Gasteiger charge is -2.19. The van der Waals surface area contributed by atoms with Crippen molar-refractivity contribution in [1.29, 1.82) is 0 Å². The van der Waals surface area contributed by atoms with Crippen molar-refractivity contribution in [2.45, 2.75) is 59.4 Å². The molecule has 0 saturated carbocycles. The number of rotatable bonds is 8. The van der Waals surface area contributed by atoms with Crippen molar-refractivity contribution in [1.82, 2.24) is 5.32 Å². The summed E-state index contributed by atoms with van der Waals surface area (Å²) < 4.78 is 16.3. The number of hydrogen-bond donors (Lipinski definition) is 1. The normalized spacial score (nSPS) is 12.3. The van der Waals surface area contributed by atoms with Gasteiger partial charge >= 0.3 is 0 Å². The van der Waals surface area contributed by atoms with Crippen LogP contribution in [-0.4, -0.2) is 24.9 Å². The number of nitrogens with one attached hydrogen (secondary N) is 1. The Morgan fingerprint density at radius 3 is 2.63 bits per heavy atom. The topological polar surface area (TPSA) is 43.6 Å². The van der Waals surface area contributed by atoms with Crippen LogP contribution in [0.5, 0.6) is 0 Å². The van der Waals surface area contributed by atoms with E-state index in [-0.39, 0.29) is 11.6 Å². The van der Waals surface area contributed by atoms with Crippen LogP contribution in [0.25, 0.3) is 0 Å². The summed E-state index contributed by atoms with van der Waals surface area (Å²) in [5, 5.41) is 3.42. The molecule has 0 amide bonds.